The molecule has 1 aromatic heterocycles. The van der Waals surface area contributed by atoms with Crippen molar-refractivity contribution < 1.29 is 26.8 Å². The number of carbonyl (C=O) groups excluding carboxylic acids is 1. The minimum absolute atomic E-state index is 0.0108. The fourth-order valence-corrected chi connectivity index (χ4v) is 4.01. The van der Waals surface area contributed by atoms with Gasteiger partial charge in [-0.3, -0.25) is 9.52 Å². The Morgan fingerprint density at radius 3 is 2.32 bits per heavy atom. The molecule has 0 aliphatic heterocycles. The van der Waals surface area contributed by atoms with Crippen LogP contribution in [0.5, 0.6) is 5.75 Å². The molecule has 0 radical (unpaired) electrons. The van der Waals surface area contributed by atoms with Crippen molar-refractivity contribution in [2.75, 3.05) is 17.1 Å². The number of halogens is 1. The second-order valence-electron chi connectivity index (χ2n) is 6.58. The summed E-state index contributed by atoms with van der Waals surface area (Å²) in [5, 5.41) is 3.38. The number of hydrogen-bond acceptors (Lipinski definition) is 5. The maximum atomic E-state index is 13.0. The number of hydrogen-bond donors (Lipinski definition) is 2. The van der Waals surface area contributed by atoms with Crippen LogP contribution in [-0.2, 0) is 10.0 Å². The molecule has 2 N–H and O–H groups in total. The quantitative estimate of drug-likeness (QED) is 0.455. The van der Waals surface area contributed by atoms with E-state index in [2.05, 4.69) is 10.0 Å². The average Bonchev–Trinajstić information content (AvgIpc) is 3.20. The number of rotatable bonds is 6. The highest BCUT2D eigenvalue weighted by molar-refractivity contribution is 7.92. The zero-order valence-corrected chi connectivity index (χ0v) is 17.1. The van der Waals surface area contributed by atoms with Crippen LogP contribution >= 0.6 is 0 Å². The summed E-state index contributed by atoms with van der Waals surface area (Å²) in [5.41, 5.74) is 1.08. The van der Waals surface area contributed by atoms with E-state index in [1.54, 1.807) is 24.3 Å². The topological polar surface area (TPSA) is 97.6 Å². The van der Waals surface area contributed by atoms with Gasteiger partial charge in [-0.1, -0.05) is 12.1 Å². The number of ether oxygens (including phenoxy) is 1. The third-order valence-electron chi connectivity index (χ3n) is 4.47. The second-order valence-corrected chi connectivity index (χ2v) is 8.26. The van der Waals surface area contributed by atoms with Gasteiger partial charge in [0.1, 0.15) is 5.82 Å². The van der Waals surface area contributed by atoms with Crippen LogP contribution in [0.1, 0.15) is 10.6 Å². The molecule has 158 valence electrons. The molecule has 9 heteroatoms. The highest BCUT2D eigenvalue weighted by atomic mass is 32.2. The van der Waals surface area contributed by atoms with Crippen molar-refractivity contribution in [1.29, 1.82) is 0 Å². The molecule has 31 heavy (non-hydrogen) atoms. The first-order valence-electron chi connectivity index (χ1n) is 9.12. The van der Waals surface area contributed by atoms with Crippen LogP contribution in [0, 0.1) is 5.82 Å². The van der Waals surface area contributed by atoms with Crippen LogP contribution in [0.2, 0.25) is 0 Å². The van der Waals surface area contributed by atoms with E-state index in [-0.39, 0.29) is 16.3 Å². The Bertz CT molecular complexity index is 1350. The van der Waals surface area contributed by atoms with Gasteiger partial charge in [0.15, 0.2) is 17.1 Å². The number of fused-ring (bicyclic) bond motifs is 1. The Balaban J connectivity index is 1.49. The molecule has 0 unspecified atom stereocenters. The molecular formula is C22H17FN2O5S. The van der Waals surface area contributed by atoms with E-state index in [4.69, 9.17) is 9.15 Å². The summed E-state index contributed by atoms with van der Waals surface area (Å²) in [6.45, 7) is 0. The molecule has 1 amide bonds. The predicted octanol–water partition coefficient (Wildman–Crippen LogP) is 4.63. The maximum absolute atomic E-state index is 13.0. The summed E-state index contributed by atoms with van der Waals surface area (Å²) in [7, 11) is -2.35. The maximum Gasteiger partial charge on any atom is 0.291 e. The van der Waals surface area contributed by atoms with E-state index in [0.29, 0.717) is 17.0 Å². The average molecular weight is 440 g/mol. The van der Waals surface area contributed by atoms with Gasteiger partial charge >= 0.3 is 0 Å². The van der Waals surface area contributed by atoms with E-state index in [0.717, 1.165) is 17.5 Å². The van der Waals surface area contributed by atoms with Crippen molar-refractivity contribution in [1.82, 2.24) is 0 Å². The summed E-state index contributed by atoms with van der Waals surface area (Å²) >= 11 is 0. The SMILES string of the molecule is COc1cccc2cc(C(=O)Nc3ccc(S(=O)(=O)Nc4ccc(F)cc4)cc3)oc12. The van der Waals surface area contributed by atoms with Gasteiger partial charge in [-0.25, -0.2) is 12.8 Å². The van der Waals surface area contributed by atoms with Crippen LogP contribution in [-0.4, -0.2) is 21.4 Å². The van der Waals surface area contributed by atoms with E-state index in [1.807, 2.05) is 0 Å². The lowest BCUT2D eigenvalue weighted by atomic mass is 10.2. The van der Waals surface area contributed by atoms with Gasteiger partial charge in [-0.05, 0) is 60.7 Å². The molecule has 0 saturated carbocycles. The fourth-order valence-electron chi connectivity index (χ4n) is 2.95. The fraction of sp³-hybridized carbons (Fsp3) is 0.0455. The van der Waals surface area contributed by atoms with Crippen molar-refractivity contribution in [2.45, 2.75) is 4.90 Å². The van der Waals surface area contributed by atoms with Crippen molar-refractivity contribution in [2.24, 2.45) is 0 Å². The molecule has 4 rings (SSSR count). The first kappa shape index (κ1) is 20.4. The molecule has 0 fully saturated rings. The zero-order chi connectivity index (χ0) is 22.0. The first-order chi connectivity index (χ1) is 14.9. The molecule has 1 heterocycles. The van der Waals surface area contributed by atoms with Crippen LogP contribution in [0.25, 0.3) is 11.0 Å². The standard InChI is InChI=1S/C22H17FN2O5S/c1-29-19-4-2-3-14-13-20(30-21(14)19)22(26)24-16-9-11-18(12-10-16)31(27,28)25-17-7-5-15(23)6-8-17/h2-13,25H,1H3,(H,24,26). The van der Waals surface area contributed by atoms with E-state index < -0.39 is 21.7 Å². The smallest absolute Gasteiger partial charge is 0.291 e. The number of anilines is 2. The van der Waals surface area contributed by atoms with Gasteiger partial charge in [0.2, 0.25) is 0 Å². The predicted molar refractivity (Wildman–Crippen MR) is 114 cm³/mol. The van der Waals surface area contributed by atoms with Crippen LogP contribution in [0.3, 0.4) is 0 Å². The third-order valence-corrected chi connectivity index (χ3v) is 5.87. The van der Waals surface area contributed by atoms with Crippen molar-refractivity contribution >= 4 is 38.3 Å². The third kappa shape index (κ3) is 4.36. The molecule has 0 saturated heterocycles. The summed E-state index contributed by atoms with van der Waals surface area (Å²) in [5.74, 6) is -0.349. The van der Waals surface area contributed by atoms with Crippen molar-refractivity contribution in [3.63, 3.8) is 0 Å². The number of furan rings is 1. The van der Waals surface area contributed by atoms with Crippen molar-refractivity contribution in [3.05, 3.63) is 84.4 Å². The summed E-state index contributed by atoms with van der Waals surface area (Å²) in [4.78, 5) is 12.5. The minimum Gasteiger partial charge on any atom is -0.493 e. The molecule has 4 aromatic rings. The van der Waals surface area contributed by atoms with Gasteiger partial charge in [-0.15, -0.1) is 0 Å². The summed E-state index contributed by atoms with van der Waals surface area (Å²) in [6.07, 6.45) is 0. The lowest BCUT2D eigenvalue weighted by molar-refractivity contribution is 0.0998. The Morgan fingerprint density at radius 2 is 1.65 bits per heavy atom. The number of methoxy groups -OCH3 is 1. The van der Waals surface area contributed by atoms with Crippen LogP contribution in [0.15, 0.2) is 82.1 Å². The largest absolute Gasteiger partial charge is 0.493 e. The Labute approximate surface area is 177 Å². The van der Waals surface area contributed by atoms with Gasteiger partial charge < -0.3 is 14.5 Å². The van der Waals surface area contributed by atoms with Crippen LogP contribution < -0.4 is 14.8 Å². The molecule has 0 aliphatic rings. The Kier molecular flexibility index (Phi) is 5.35. The summed E-state index contributed by atoms with van der Waals surface area (Å²) < 4.78 is 51.1. The van der Waals surface area contributed by atoms with Gasteiger partial charge in [-0.2, -0.15) is 0 Å². The highest BCUT2D eigenvalue weighted by Crippen LogP contribution is 2.29. The number of benzene rings is 3. The lowest BCUT2D eigenvalue weighted by Crippen LogP contribution is -2.14. The molecule has 3 aromatic carbocycles. The van der Waals surface area contributed by atoms with E-state index in [1.165, 1.54) is 43.5 Å². The number of amides is 1. The van der Waals surface area contributed by atoms with Gasteiger partial charge in [0.25, 0.3) is 15.9 Å². The summed E-state index contributed by atoms with van der Waals surface area (Å²) in [6, 6.07) is 17.5. The lowest BCUT2D eigenvalue weighted by Gasteiger charge is -2.09. The Morgan fingerprint density at radius 1 is 0.968 bits per heavy atom. The normalized spacial score (nSPS) is 11.3. The van der Waals surface area contributed by atoms with E-state index >= 15 is 0 Å². The number of nitrogens with one attached hydrogen (secondary N) is 2. The molecule has 0 spiro atoms. The first-order valence-corrected chi connectivity index (χ1v) is 10.6. The van der Waals surface area contributed by atoms with Crippen LogP contribution in [0.4, 0.5) is 15.8 Å². The molecular weight excluding hydrogens is 423 g/mol. The van der Waals surface area contributed by atoms with E-state index in [9.17, 15) is 17.6 Å². The molecule has 0 bridgehead atoms. The van der Waals surface area contributed by atoms with Crippen molar-refractivity contribution in [3.8, 4) is 5.75 Å². The Hall–Kier alpha value is -3.85. The molecule has 0 atom stereocenters. The highest BCUT2D eigenvalue weighted by Gasteiger charge is 2.17. The number of sulfonamides is 1. The minimum atomic E-state index is -3.87. The zero-order valence-electron chi connectivity index (χ0n) is 16.3. The molecule has 0 aliphatic carbocycles. The second kappa shape index (κ2) is 8.11. The van der Waals surface area contributed by atoms with Gasteiger partial charge in [0.05, 0.1) is 12.0 Å². The van der Waals surface area contributed by atoms with Gasteiger partial charge in [0, 0.05) is 16.8 Å². The monoisotopic (exact) mass is 440 g/mol. The number of para-hydroxylation sites is 1. The number of carbonyl (C=O) groups is 1. The molecule has 7 nitrogen and oxygen atoms in total.